The van der Waals surface area contributed by atoms with Crippen LogP contribution in [0.25, 0.3) is 10.9 Å². The van der Waals surface area contributed by atoms with Crippen molar-refractivity contribution in [2.75, 3.05) is 6.61 Å². The van der Waals surface area contributed by atoms with Crippen LogP contribution >= 0.6 is 0 Å². The summed E-state index contributed by atoms with van der Waals surface area (Å²) in [6.07, 6.45) is 2.08. The first-order valence-corrected chi connectivity index (χ1v) is 12.6. The molecule has 1 aromatic heterocycles. The summed E-state index contributed by atoms with van der Waals surface area (Å²) in [5.74, 6) is 0.897. The van der Waals surface area contributed by atoms with Crippen molar-refractivity contribution in [3.05, 3.63) is 66.4 Å². The molecule has 2 aromatic carbocycles. The predicted octanol–water partition coefficient (Wildman–Crippen LogP) is 5.53. The molecule has 0 saturated heterocycles. The second-order valence-corrected chi connectivity index (χ2v) is 13.2. The molecule has 0 radical (unpaired) electrons. The fourth-order valence-corrected chi connectivity index (χ4v) is 3.42. The summed E-state index contributed by atoms with van der Waals surface area (Å²) in [6, 6.07) is 19.8. The van der Waals surface area contributed by atoms with Gasteiger partial charge in [0.05, 0.1) is 5.52 Å². The maximum absolute atomic E-state index is 5.91. The molecule has 4 heteroatoms. The quantitative estimate of drug-likeness (QED) is 0.392. The van der Waals surface area contributed by atoms with Gasteiger partial charge in [-0.05, 0) is 35.9 Å². The first kappa shape index (κ1) is 17.8. The van der Waals surface area contributed by atoms with Crippen LogP contribution in [0.15, 0.2) is 60.8 Å². The fraction of sp³-hybridized carbons (Fsp3) is 0.333. The SMILES string of the molecule is C[Si](C)(C)CCOCn1ccc2cc(OCc3ccccc3)ccc21. The van der Waals surface area contributed by atoms with Gasteiger partial charge in [-0.15, -0.1) is 0 Å². The first-order chi connectivity index (χ1) is 12.0. The van der Waals surface area contributed by atoms with E-state index in [0.717, 1.165) is 12.4 Å². The standard InChI is InChI=1S/C21H27NO2Si/c1-25(2,3)14-13-23-17-22-12-11-19-15-20(9-10-21(19)22)24-16-18-7-5-4-6-8-18/h4-12,15H,13-14,16-17H2,1-3H3. The maximum atomic E-state index is 5.91. The lowest BCUT2D eigenvalue weighted by Crippen LogP contribution is -2.21. The minimum absolute atomic E-state index is 0.590. The van der Waals surface area contributed by atoms with Gasteiger partial charge in [-0.3, -0.25) is 0 Å². The van der Waals surface area contributed by atoms with Gasteiger partial charge in [0.2, 0.25) is 0 Å². The molecule has 0 saturated carbocycles. The summed E-state index contributed by atoms with van der Waals surface area (Å²) >= 11 is 0. The molecule has 132 valence electrons. The zero-order chi connectivity index (χ0) is 17.7. The number of fused-ring (bicyclic) bond motifs is 1. The van der Waals surface area contributed by atoms with E-state index in [2.05, 4.69) is 60.7 Å². The van der Waals surface area contributed by atoms with E-state index in [9.17, 15) is 0 Å². The zero-order valence-corrected chi connectivity index (χ0v) is 16.4. The van der Waals surface area contributed by atoms with E-state index >= 15 is 0 Å². The van der Waals surface area contributed by atoms with Crippen molar-refractivity contribution < 1.29 is 9.47 Å². The second-order valence-electron chi connectivity index (χ2n) is 7.63. The molecule has 0 aliphatic heterocycles. The van der Waals surface area contributed by atoms with Crippen LogP contribution in [0, 0.1) is 0 Å². The Balaban J connectivity index is 1.59. The summed E-state index contributed by atoms with van der Waals surface area (Å²) in [5, 5.41) is 1.18. The Morgan fingerprint density at radius 1 is 0.960 bits per heavy atom. The third kappa shape index (κ3) is 5.21. The number of hydrogen-bond acceptors (Lipinski definition) is 2. The molecule has 0 aliphatic rings. The Kier molecular flexibility index (Phi) is 5.61. The molecule has 0 atom stereocenters. The minimum atomic E-state index is -1.03. The van der Waals surface area contributed by atoms with Crippen molar-refractivity contribution in [3.8, 4) is 5.75 Å². The third-order valence-electron chi connectivity index (χ3n) is 4.22. The van der Waals surface area contributed by atoms with Gasteiger partial charge in [-0.2, -0.15) is 0 Å². The normalized spacial score (nSPS) is 11.8. The molecule has 0 amide bonds. The Morgan fingerprint density at radius 3 is 2.52 bits per heavy atom. The molecule has 0 N–H and O–H groups in total. The summed E-state index contributed by atoms with van der Waals surface area (Å²) in [7, 11) is -1.03. The topological polar surface area (TPSA) is 23.4 Å². The summed E-state index contributed by atoms with van der Waals surface area (Å²) in [5.41, 5.74) is 2.36. The van der Waals surface area contributed by atoms with E-state index < -0.39 is 8.07 Å². The molecule has 0 bridgehead atoms. The molecule has 3 nitrogen and oxygen atoms in total. The number of benzene rings is 2. The van der Waals surface area contributed by atoms with Gasteiger partial charge in [-0.1, -0.05) is 50.0 Å². The first-order valence-electron chi connectivity index (χ1n) is 8.85. The maximum Gasteiger partial charge on any atom is 0.122 e. The van der Waals surface area contributed by atoms with E-state index in [-0.39, 0.29) is 0 Å². The molecular weight excluding hydrogens is 326 g/mol. The van der Waals surface area contributed by atoms with E-state index in [1.165, 1.54) is 22.5 Å². The van der Waals surface area contributed by atoms with Gasteiger partial charge in [0.25, 0.3) is 0 Å². The van der Waals surface area contributed by atoms with Gasteiger partial charge in [0.15, 0.2) is 0 Å². The van der Waals surface area contributed by atoms with Crippen molar-refractivity contribution in [2.45, 2.75) is 39.0 Å². The highest BCUT2D eigenvalue weighted by molar-refractivity contribution is 6.76. The molecule has 3 aromatic rings. The van der Waals surface area contributed by atoms with Gasteiger partial charge in [0, 0.05) is 26.3 Å². The second kappa shape index (κ2) is 7.89. The van der Waals surface area contributed by atoms with Crippen LogP contribution in [0.1, 0.15) is 5.56 Å². The Hall–Kier alpha value is -2.04. The van der Waals surface area contributed by atoms with Crippen LogP contribution in [0.2, 0.25) is 25.7 Å². The van der Waals surface area contributed by atoms with Gasteiger partial charge in [0.1, 0.15) is 19.1 Å². The molecule has 25 heavy (non-hydrogen) atoms. The van der Waals surface area contributed by atoms with Crippen LogP contribution in [0.4, 0.5) is 0 Å². The average molecular weight is 354 g/mol. The lowest BCUT2D eigenvalue weighted by molar-refractivity contribution is 0.0902. The lowest BCUT2D eigenvalue weighted by atomic mass is 10.2. The number of ether oxygens (including phenoxy) is 2. The van der Waals surface area contributed by atoms with Gasteiger partial charge in [-0.25, -0.2) is 0 Å². The monoisotopic (exact) mass is 353 g/mol. The molecule has 0 spiro atoms. The van der Waals surface area contributed by atoms with Crippen molar-refractivity contribution in [1.29, 1.82) is 0 Å². The average Bonchev–Trinajstić information content (AvgIpc) is 2.99. The van der Waals surface area contributed by atoms with Crippen LogP contribution in [0.3, 0.4) is 0 Å². The third-order valence-corrected chi connectivity index (χ3v) is 5.92. The van der Waals surface area contributed by atoms with E-state index in [1.807, 2.05) is 24.3 Å². The van der Waals surface area contributed by atoms with E-state index in [0.29, 0.717) is 13.3 Å². The lowest BCUT2D eigenvalue weighted by Gasteiger charge is -2.15. The number of hydrogen-bond donors (Lipinski definition) is 0. The van der Waals surface area contributed by atoms with E-state index in [4.69, 9.17) is 9.47 Å². The highest BCUT2D eigenvalue weighted by Crippen LogP contribution is 2.23. The molecular formula is C21H27NO2Si. The molecule has 1 heterocycles. The van der Waals surface area contributed by atoms with Crippen LogP contribution in [-0.2, 0) is 18.1 Å². The molecule has 0 aliphatic carbocycles. The van der Waals surface area contributed by atoms with Gasteiger partial charge < -0.3 is 14.0 Å². The largest absolute Gasteiger partial charge is 0.489 e. The Labute approximate surface area is 151 Å². The fourth-order valence-electron chi connectivity index (χ4n) is 2.66. The molecule has 0 unspecified atom stereocenters. The Bertz CT molecular complexity index is 806. The minimum Gasteiger partial charge on any atom is -0.489 e. The highest BCUT2D eigenvalue weighted by atomic mass is 28.3. The highest BCUT2D eigenvalue weighted by Gasteiger charge is 2.12. The van der Waals surface area contributed by atoms with E-state index in [1.54, 1.807) is 0 Å². The summed E-state index contributed by atoms with van der Waals surface area (Å²) < 4.78 is 13.9. The van der Waals surface area contributed by atoms with Crippen LogP contribution < -0.4 is 4.74 Å². The van der Waals surface area contributed by atoms with Crippen molar-refractivity contribution >= 4 is 19.0 Å². The number of aromatic nitrogens is 1. The molecule has 3 rings (SSSR count). The van der Waals surface area contributed by atoms with Crippen molar-refractivity contribution in [3.63, 3.8) is 0 Å². The summed E-state index contributed by atoms with van der Waals surface area (Å²) in [6.45, 7) is 9.16. The Morgan fingerprint density at radius 2 is 1.76 bits per heavy atom. The zero-order valence-electron chi connectivity index (χ0n) is 15.4. The number of rotatable bonds is 8. The van der Waals surface area contributed by atoms with Gasteiger partial charge >= 0.3 is 0 Å². The van der Waals surface area contributed by atoms with Crippen LogP contribution in [0.5, 0.6) is 5.75 Å². The smallest absolute Gasteiger partial charge is 0.122 e. The summed E-state index contributed by atoms with van der Waals surface area (Å²) in [4.78, 5) is 0. The predicted molar refractivity (Wildman–Crippen MR) is 107 cm³/mol. The molecule has 0 fully saturated rings. The van der Waals surface area contributed by atoms with Crippen molar-refractivity contribution in [2.24, 2.45) is 0 Å². The number of nitrogens with zero attached hydrogens (tertiary/aromatic N) is 1. The van der Waals surface area contributed by atoms with Crippen molar-refractivity contribution in [1.82, 2.24) is 4.57 Å². The van der Waals surface area contributed by atoms with Crippen LogP contribution in [-0.4, -0.2) is 19.2 Å².